The molecule has 1 fully saturated rings. The van der Waals surface area contributed by atoms with E-state index in [4.69, 9.17) is 5.11 Å². The molecule has 0 saturated carbocycles. The van der Waals surface area contributed by atoms with Gasteiger partial charge in [-0.25, -0.2) is 9.18 Å². The van der Waals surface area contributed by atoms with Crippen LogP contribution in [-0.4, -0.2) is 52.7 Å². The van der Waals surface area contributed by atoms with Gasteiger partial charge in [0.1, 0.15) is 0 Å². The van der Waals surface area contributed by atoms with Gasteiger partial charge in [0.2, 0.25) is 0 Å². The Morgan fingerprint density at radius 3 is 2.68 bits per heavy atom. The summed E-state index contributed by atoms with van der Waals surface area (Å²) >= 11 is 0. The molecule has 10 heteroatoms. The van der Waals surface area contributed by atoms with Crippen LogP contribution in [0.25, 0.3) is 10.9 Å². The lowest BCUT2D eigenvalue weighted by Gasteiger charge is -2.37. The summed E-state index contributed by atoms with van der Waals surface area (Å²) in [7, 11) is 0. The Kier molecular flexibility index (Phi) is 4.34. The molecule has 1 aromatic heterocycles. The van der Waals surface area contributed by atoms with Gasteiger partial charge in [-0.2, -0.15) is 8.78 Å². The van der Waals surface area contributed by atoms with Gasteiger partial charge >= 0.3 is 12.7 Å². The molecule has 0 spiro atoms. The number of halogens is 3. The van der Waals surface area contributed by atoms with Crippen LogP contribution in [0.2, 0.25) is 0 Å². The van der Waals surface area contributed by atoms with Gasteiger partial charge in [0.05, 0.1) is 17.1 Å². The van der Waals surface area contributed by atoms with Crippen molar-refractivity contribution in [2.45, 2.75) is 12.7 Å². The first kappa shape index (κ1) is 16.8. The smallest absolute Gasteiger partial charge is 0.407 e. The fraction of sp³-hybridized carbons (Fsp3) is 0.267. The van der Waals surface area contributed by atoms with Gasteiger partial charge in [-0.1, -0.05) is 0 Å². The molecule has 0 unspecified atom stereocenters. The monoisotopic (exact) mass is 355 g/mol. The van der Waals surface area contributed by atoms with E-state index in [0.717, 1.165) is 17.0 Å². The molecule has 132 valence electrons. The first-order valence-electron chi connectivity index (χ1n) is 7.16. The molecule has 0 bridgehead atoms. The molecule has 0 radical (unpaired) electrons. The maximum atomic E-state index is 13.8. The quantitative estimate of drug-likeness (QED) is 0.876. The van der Waals surface area contributed by atoms with Gasteiger partial charge in [-0.05, 0) is 12.1 Å². The molecule has 2 heterocycles. The number of alkyl halides is 2. The molecular formula is C15H12F3N3O4. The molecule has 1 saturated heterocycles. The minimum absolute atomic E-state index is 0.142. The highest BCUT2D eigenvalue weighted by atomic mass is 19.3. The summed E-state index contributed by atoms with van der Waals surface area (Å²) in [5.41, 5.74) is 0.331. The van der Waals surface area contributed by atoms with Crippen LogP contribution in [0.1, 0.15) is 10.4 Å². The number of nitrogens with one attached hydrogen (secondary N) is 1. The fourth-order valence-corrected chi connectivity index (χ4v) is 2.43. The molecule has 25 heavy (non-hydrogen) atoms. The van der Waals surface area contributed by atoms with Crippen molar-refractivity contribution < 1.29 is 32.6 Å². The molecule has 2 N–H and O–H groups in total. The Morgan fingerprint density at radius 2 is 2.04 bits per heavy atom. The number of ether oxygens (including phenoxy) is 1. The molecule has 3 rings (SSSR count). The molecule has 2 amide bonds. The van der Waals surface area contributed by atoms with Crippen LogP contribution in [0.3, 0.4) is 0 Å². The average Bonchev–Trinajstić information content (AvgIpc) is 2.49. The van der Waals surface area contributed by atoms with Crippen molar-refractivity contribution in [3.63, 3.8) is 0 Å². The summed E-state index contributed by atoms with van der Waals surface area (Å²) in [5.74, 6) is -2.11. The van der Waals surface area contributed by atoms with E-state index in [1.807, 2.05) is 0 Å². The minimum atomic E-state index is -3.16. The van der Waals surface area contributed by atoms with E-state index in [9.17, 15) is 22.8 Å². The molecule has 0 aliphatic carbocycles. The molecular weight excluding hydrogens is 343 g/mol. The zero-order valence-electron chi connectivity index (χ0n) is 12.6. The summed E-state index contributed by atoms with van der Waals surface area (Å²) in [6, 6.07) is 3.03. The average molecular weight is 355 g/mol. The highest BCUT2D eigenvalue weighted by molar-refractivity contribution is 5.97. The number of hydrogen-bond acceptors (Lipinski definition) is 4. The minimum Gasteiger partial charge on any atom is -0.465 e. The lowest BCUT2D eigenvalue weighted by Crippen LogP contribution is -2.60. The van der Waals surface area contributed by atoms with Crippen LogP contribution in [0.15, 0.2) is 24.4 Å². The van der Waals surface area contributed by atoms with Crippen molar-refractivity contribution in [2.24, 2.45) is 0 Å². The van der Waals surface area contributed by atoms with E-state index >= 15 is 0 Å². The molecule has 2 aromatic rings. The predicted molar refractivity (Wildman–Crippen MR) is 79.2 cm³/mol. The van der Waals surface area contributed by atoms with Gasteiger partial charge in [0, 0.05) is 30.7 Å². The summed E-state index contributed by atoms with van der Waals surface area (Å²) in [6.45, 7) is -2.79. The number of likely N-dealkylation sites (tertiary alicyclic amines) is 1. The SMILES string of the molecule is O=C(NC1CN(C(=O)O)C1)c1cnc2cc(OC(F)F)c(F)cc2c1. The number of hydrogen-bond donors (Lipinski definition) is 2. The zero-order chi connectivity index (χ0) is 18.1. The van der Waals surface area contributed by atoms with Gasteiger partial charge in [-0.3, -0.25) is 9.78 Å². The Balaban J connectivity index is 1.74. The third-order valence-corrected chi connectivity index (χ3v) is 3.70. The van der Waals surface area contributed by atoms with E-state index in [-0.39, 0.29) is 35.6 Å². The van der Waals surface area contributed by atoms with Crippen molar-refractivity contribution >= 4 is 22.9 Å². The largest absolute Gasteiger partial charge is 0.465 e. The van der Waals surface area contributed by atoms with Crippen molar-refractivity contribution in [3.8, 4) is 5.75 Å². The van der Waals surface area contributed by atoms with Crippen molar-refractivity contribution in [1.82, 2.24) is 15.2 Å². The number of carbonyl (C=O) groups is 2. The third kappa shape index (κ3) is 3.57. The number of aromatic nitrogens is 1. The summed E-state index contributed by atoms with van der Waals surface area (Å²) in [6.07, 6.45) is 0.158. The maximum Gasteiger partial charge on any atom is 0.407 e. The van der Waals surface area contributed by atoms with Crippen molar-refractivity contribution in [1.29, 1.82) is 0 Å². The lowest BCUT2D eigenvalue weighted by molar-refractivity contribution is -0.0520. The van der Waals surface area contributed by atoms with Crippen LogP contribution in [-0.2, 0) is 0 Å². The number of rotatable bonds is 4. The van der Waals surface area contributed by atoms with E-state index < -0.39 is 30.2 Å². The molecule has 1 aromatic carbocycles. The first-order chi connectivity index (χ1) is 11.8. The second kappa shape index (κ2) is 6.46. The van der Waals surface area contributed by atoms with Crippen LogP contribution in [0.4, 0.5) is 18.0 Å². The van der Waals surface area contributed by atoms with Gasteiger partial charge < -0.3 is 20.1 Å². The highest BCUT2D eigenvalue weighted by Gasteiger charge is 2.31. The van der Waals surface area contributed by atoms with E-state index in [1.54, 1.807) is 0 Å². The second-order valence-corrected chi connectivity index (χ2v) is 5.44. The Morgan fingerprint density at radius 1 is 1.32 bits per heavy atom. The summed E-state index contributed by atoms with van der Waals surface area (Å²) in [4.78, 5) is 27.9. The topological polar surface area (TPSA) is 91.8 Å². The number of fused-ring (bicyclic) bond motifs is 1. The molecule has 1 aliphatic heterocycles. The Bertz CT molecular complexity index is 840. The van der Waals surface area contributed by atoms with Crippen LogP contribution in [0.5, 0.6) is 5.75 Å². The second-order valence-electron chi connectivity index (χ2n) is 5.44. The first-order valence-corrected chi connectivity index (χ1v) is 7.16. The molecule has 0 atom stereocenters. The standard InChI is InChI=1S/C15H12F3N3O4/c16-10-2-7-1-8(4-19-11(7)3-12(10)25-14(17)18)13(22)20-9-5-21(6-9)15(23)24/h1-4,9,14H,5-6H2,(H,20,22)(H,23,24). The summed E-state index contributed by atoms with van der Waals surface area (Å²) < 4.78 is 42.2. The summed E-state index contributed by atoms with van der Waals surface area (Å²) in [5, 5.41) is 11.6. The van der Waals surface area contributed by atoms with Crippen LogP contribution in [0, 0.1) is 5.82 Å². The van der Waals surface area contributed by atoms with Gasteiger partial charge in [0.25, 0.3) is 5.91 Å². The number of benzene rings is 1. The molecule has 7 nitrogen and oxygen atoms in total. The Hall–Kier alpha value is -3.04. The van der Waals surface area contributed by atoms with E-state index in [2.05, 4.69) is 15.0 Å². The number of carboxylic acid groups (broad SMARTS) is 1. The van der Waals surface area contributed by atoms with E-state index in [1.165, 1.54) is 12.3 Å². The zero-order valence-corrected chi connectivity index (χ0v) is 12.6. The number of pyridine rings is 1. The molecule has 1 aliphatic rings. The normalized spacial score (nSPS) is 14.5. The van der Waals surface area contributed by atoms with Crippen LogP contribution >= 0.6 is 0 Å². The third-order valence-electron chi connectivity index (χ3n) is 3.70. The maximum absolute atomic E-state index is 13.8. The van der Waals surface area contributed by atoms with Crippen molar-refractivity contribution in [2.75, 3.05) is 13.1 Å². The van der Waals surface area contributed by atoms with Gasteiger partial charge in [-0.15, -0.1) is 0 Å². The fourth-order valence-electron chi connectivity index (χ4n) is 2.43. The van der Waals surface area contributed by atoms with Crippen molar-refractivity contribution in [3.05, 3.63) is 35.8 Å². The van der Waals surface area contributed by atoms with Gasteiger partial charge in [0.15, 0.2) is 11.6 Å². The highest BCUT2D eigenvalue weighted by Crippen LogP contribution is 2.25. The predicted octanol–water partition coefficient (Wildman–Crippen LogP) is 2.07. The number of nitrogens with zero attached hydrogens (tertiary/aromatic N) is 2. The lowest BCUT2D eigenvalue weighted by atomic mass is 10.1. The van der Waals surface area contributed by atoms with Crippen LogP contribution < -0.4 is 10.1 Å². The number of amides is 2. The number of carbonyl (C=O) groups excluding carboxylic acids is 1. The Labute approximate surface area is 139 Å². The van der Waals surface area contributed by atoms with E-state index in [0.29, 0.717) is 0 Å².